The molecule has 2 heterocycles. The number of fused-ring (bicyclic) bond motifs is 1. The van der Waals surface area contributed by atoms with Gasteiger partial charge in [0, 0.05) is 25.4 Å². The van der Waals surface area contributed by atoms with E-state index in [1.807, 2.05) is 24.4 Å². The molecule has 1 aromatic heterocycles. The van der Waals surface area contributed by atoms with E-state index in [2.05, 4.69) is 20.9 Å². The lowest BCUT2D eigenvalue weighted by Gasteiger charge is -2.26. The van der Waals surface area contributed by atoms with Gasteiger partial charge in [0.25, 0.3) is 0 Å². The molecular weight excluding hydrogens is 288 g/mol. The number of aryl methyl sites for hydroxylation is 1. The van der Waals surface area contributed by atoms with E-state index in [0.29, 0.717) is 12.1 Å². The van der Waals surface area contributed by atoms with Crippen molar-refractivity contribution < 1.29 is 4.79 Å². The molecule has 1 fully saturated rings. The number of carbonyl (C=O) groups is 1. The van der Waals surface area contributed by atoms with Gasteiger partial charge in [-0.05, 0) is 37.0 Å². The van der Waals surface area contributed by atoms with Crippen LogP contribution in [0.5, 0.6) is 0 Å². The fraction of sp³-hybridized carbons (Fsp3) is 0.389. The van der Waals surface area contributed by atoms with Crippen LogP contribution in [0.25, 0.3) is 0 Å². The molecule has 116 valence electrons. The SMILES string of the molecule is N#Cc1cccc(C2(NC(=O)[C@@H]3CCc4nccn4C3)CC2)c1. The predicted octanol–water partition coefficient (Wildman–Crippen LogP) is 2.12. The summed E-state index contributed by atoms with van der Waals surface area (Å²) in [6, 6.07) is 9.75. The minimum atomic E-state index is -0.265. The van der Waals surface area contributed by atoms with Crippen LogP contribution < -0.4 is 5.32 Å². The van der Waals surface area contributed by atoms with E-state index in [9.17, 15) is 4.79 Å². The Hall–Kier alpha value is -2.61. The molecule has 5 heteroatoms. The van der Waals surface area contributed by atoms with Gasteiger partial charge in [-0.3, -0.25) is 4.79 Å². The Labute approximate surface area is 135 Å². The van der Waals surface area contributed by atoms with Crippen molar-refractivity contribution in [1.82, 2.24) is 14.9 Å². The molecule has 0 unspecified atom stereocenters. The minimum Gasteiger partial charge on any atom is -0.346 e. The molecule has 2 aliphatic rings. The van der Waals surface area contributed by atoms with Crippen molar-refractivity contribution in [3.05, 3.63) is 53.6 Å². The third-order valence-corrected chi connectivity index (χ3v) is 4.96. The highest BCUT2D eigenvalue weighted by Gasteiger charge is 2.46. The van der Waals surface area contributed by atoms with Crippen molar-refractivity contribution in [2.24, 2.45) is 5.92 Å². The van der Waals surface area contributed by atoms with Crippen molar-refractivity contribution in [2.75, 3.05) is 0 Å². The standard InChI is InChI=1S/C18H18N4O/c19-11-13-2-1-3-15(10-13)18(6-7-18)21-17(23)14-4-5-16-20-8-9-22(16)12-14/h1-3,8-10,14H,4-7,12H2,(H,21,23)/t14-/m1/s1. The Balaban J connectivity index is 1.49. The number of carbonyl (C=O) groups excluding carboxylic acids is 1. The molecule has 2 aromatic rings. The van der Waals surface area contributed by atoms with Gasteiger partial charge >= 0.3 is 0 Å². The number of nitrogens with one attached hydrogen (secondary N) is 1. The second-order valence-corrected chi connectivity index (χ2v) is 6.50. The first-order chi connectivity index (χ1) is 11.2. The van der Waals surface area contributed by atoms with Crippen LogP contribution >= 0.6 is 0 Å². The Morgan fingerprint density at radius 3 is 3.09 bits per heavy atom. The molecule has 1 aliphatic carbocycles. The summed E-state index contributed by atoms with van der Waals surface area (Å²) in [6.07, 6.45) is 7.32. The highest BCUT2D eigenvalue weighted by Crippen LogP contribution is 2.46. The number of imidazole rings is 1. The van der Waals surface area contributed by atoms with Gasteiger partial charge in [-0.2, -0.15) is 5.26 Å². The molecule has 1 aromatic carbocycles. The number of benzene rings is 1. The Bertz CT molecular complexity index is 797. The van der Waals surface area contributed by atoms with Gasteiger partial charge in [0.2, 0.25) is 5.91 Å². The van der Waals surface area contributed by atoms with Crippen LogP contribution in [0, 0.1) is 17.2 Å². The molecule has 4 rings (SSSR count). The minimum absolute atomic E-state index is 0.00618. The molecule has 0 radical (unpaired) electrons. The number of rotatable bonds is 3. The number of hydrogen-bond donors (Lipinski definition) is 1. The molecule has 1 atom stereocenters. The topological polar surface area (TPSA) is 70.7 Å². The first kappa shape index (κ1) is 14.0. The summed E-state index contributed by atoms with van der Waals surface area (Å²) in [5.41, 5.74) is 1.42. The van der Waals surface area contributed by atoms with Crippen LogP contribution in [0.4, 0.5) is 0 Å². The molecule has 1 N–H and O–H groups in total. The van der Waals surface area contributed by atoms with Gasteiger partial charge in [0.05, 0.1) is 23.1 Å². The number of hydrogen-bond acceptors (Lipinski definition) is 3. The summed E-state index contributed by atoms with van der Waals surface area (Å²) in [5.74, 6) is 1.18. The zero-order valence-corrected chi connectivity index (χ0v) is 12.8. The molecule has 0 bridgehead atoms. The first-order valence-electron chi connectivity index (χ1n) is 8.03. The van der Waals surface area contributed by atoms with Crippen molar-refractivity contribution in [2.45, 2.75) is 37.8 Å². The van der Waals surface area contributed by atoms with Gasteiger partial charge in [0.15, 0.2) is 0 Å². The maximum Gasteiger partial charge on any atom is 0.225 e. The van der Waals surface area contributed by atoms with Crippen molar-refractivity contribution in [3.63, 3.8) is 0 Å². The fourth-order valence-corrected chi connectivity index (χ4v) is 3.42. The van der Waals surface area contributed by atoms with Crippen molar-refractivity contribution >= 4 is 5.91 Å². The normalized spacial score (nSPS) is 21.1. The summed E-state index contributed by atoms with van der Waals surface area (Å²) in [4.78, 5) is 17.0. The smallest absolute Gasteiger partial charge is 0.225 e. The Morgan fingerprint density at radius 1 is 1.43 bits per heavy atom. The highest BCUT2D eigenvalue weighted by molar-refractivity contribution is 5.80. The van der Waals surface area contributed by atoms with E-state index in [0.717, 1.165) is 37.1 Å². The van der Waals surface area contributed by atoms with Crippen molar-refractivity contribution in [1.29, 1.82) is 5.26 Å². The summed E-state index contributed by atoms with van der Waals surface area (Å²) in [7, 11) is 0. The van der Waals surface area contributed by atoms with Gasteiger partial charge < -0.3 is 9.88 Å². The van der Waals surface area contributed by atoms with Crippen LogP contribution in [0.1, 0.15) is 36.2 Å². The number of aromatic nitrogens is 2. The molecule has 0 spiro atoms. The number of nitriles is 1. The summed E-state index contributed by atoms with van der Waals surface area (Å²) in [5, 5.41) is 12.3. The van der Waals surface area contributed by atoms with E-state index >= 15 is 0 Å². The second kappa shape index (κ2) is 5.24. The third-order valence-electron chi connectivity index (χ3n) is 4.96. The van der Waals surface area contributed by atoms with E-state index in [4.69, 9.17) is 5.26 Å². The molecule has 0 saturated heterocycles. The number of nitrogens with zero attached hydrogens (tertiary/aromatic N) is 3. The van der Waals surface area contributed by atoms with E-state index in [1.165, 1.54) is 0 Å². The van der Waals surface area contributed by atoms with Crippen LogP contribution in [0.3, 0.4) is 0 Å². The first-order valence-corrected chi connectivity index (χ1v) is 8.03. The summed E-state index contributed by atoms with van der Waals surface area (Å²) < 4.78 is 2.07. The monoisotopic (exact) mass is 306 g/mol. The lowest BCUT2D eigenvalue weighted by molar-refractivity contribution is -0.127. The van der Waals surface area contributed by atoms with Gasteiger partial charge in [-0.1, -0.05) is 12.1 Å². The van der Waals surface area contributed by atoms with Gasteiger partial charge in [0.1, 0.15) is 5.82 Å². The lowest BCUT2D eigenvalue weighted by atomic mass is 9.96. The Kier molecular flexibility index (Phi) is 3.19. The molecule has 1 aliphatic heterocycles. The summed E-state index contributed by atoms with van der Waals surface area (Å²) >= 11 is 0. The van der Waals surface area contributed by atoms with E-state index < -0.39 is 0 Å². The van der Waals surface area contributed by atoms with Crippen LogP contribution in [0.2, 0.25) is 0 Å². The lowest BCUT2D eigenvalue weighted by Crippen LogP contribution is -2.41. The predicted molar refractivity (Wildman–Crippen MR) is 84.2 cm³/mol. The van der Waals surface area contributed by atoms with Crippen LogP contribution in [-0.2, 0) is 23.3 Å². The maximum absolute atomic E-state index is 12.7. The quantitative estimate of drug-likeness (QED) is 0.944. The molecular formula is C18H18N4O. The maximum atomic E-state index is 12.7. The fourth-order valence-electron chi connectivity index (χ4n) is 3.42. The number of amides is 1. The second-order valence-electron chi connectivity index (χ2n) is 6.50. The van der Waals surface area contributed by atoms with Gasteiger partial charge in [-0.25, -0.2) is 4.98 Å². The molecule has 1 amide bonds. The third kappa shape index (κ3) is 2.50. The molecule has 5 nitrogen and oxygen atoms in total. The van der Waals surface area contributed by atoms with E-state index in [1.54, 1.807) is 12.3 Å². The molecule has 1 saturated carbocycles. The Morgan fingerprint density at radius 2 is 2.30 bits per heavy atom. The zero-order valence-electron chi connectivity index (χ0n) is 12.8. The van der Waals surface area contributed by atoms with Crippen LogP contribution in [0.15, 0.2) is 36.7 Å². The van der Waals surface area contributed by atoms with Crippen molar-refractivity contribution in [3.8, 4) is 6.07 Å². The average molecular weight is 306 g/mol. The highest BCUT2D eigenvalue weighted by atomic mass is 16.2. The molecule has 23 heavy (non-hydrogen) atoms. The zero-order chi connectivity index (χ0) is 15.9. The van der Waals surface area contributed by atoms with Gasteiger partial charge in [-0.15, -0.1) is 0 Å². The summed E-state index contributed by atoms with van der Waals surface area (Å²) in [6.45, 7) is 0.704. The average Bonchev–Trinajstić information content (AvgIpc) is 3.21. The van der Waals surface area contributed by atoms with E-state index in [-0.39, 0.29) is 17.4 Å². The largest absolute Gasteiger partial charge is 0.346 e. The van der Waals surface area contributed by atoms with Crippen LogP contribution in [-0.4, -0.2) is 15.5 Å².